The number of rotatable bonds is 8. The number of hydrogen-bond acceptors (Lipinski definition) is 5. The molecule has 0 atom stereocenters. The van der Waals surface area contributed by atoms with E-state index in [1.54, 1.807) is 54.6 Å². The maximum Gasteiger partial charge on any atom is 0.261 e. The first-order valence-corrected chi connectivity index (χ1v) is 14.9. The fraction of sp³-hybridized carbons (Fsp3) is 0.167. The predicted octanol–water partition coefficient (Wildman–Crippen LogP) is 7.03. The normalized spacial score (nSPS) is 11.2. The molecule has 220 valence electrons. The first-order chi connectivity index (χ1) is 21.4. The number of fused-ring (bicyclic) bond motifs is 4. The molecular weight excluding hydrogens is 550 g/mol. The molecule has 2 amide bonds. The number of benzene rings is 5. The molecule has 44 heavy (non-hydrogen) atoms. The molecule has 0 aromatic heterocycles. The first-order valence-electron chi connectivity index (χ1n) is 14.9. The second-order valence-corrected chi connectivity index (χ2v) is 10.5. The molecule has 1 heterocycles. The lowest BCUT2D eigenvalue weighted by Crippen LogP contribution is -2.27. The summed E-state index contributed by atoms with van der Waals surface area (Å²) in [6, 6.07) is 29.2. The van der Waals surface area contributed by atoms with Crippen molar-refractivity contribution in [3.63, 3.8) is 0 Å². The average Bonchev–Trinajstić information content (AvgIpc) is 3.05. The van der Waals surface area contributed by atoms with Crippen LogP contribution < -0.4 is 21.0 Å². The van der Waals surface area contributed by atoms with Crippen molar-refractivity contribution in [2.75, 3.05) is 28.6 Å². The molecule has 8 nitrogen and oxygen atoms in total. The van der Waals surface area contributed by atoms with E-state index in [0.29, 0.717) is 51.2 Å². The molecule has 0 saturated carbocycles. The van der Waals surface area contributed by atoms with E-state index >= 15 is 0 Å². The fourth-order valence-corrected chi connectivity index (χ4v) is 5.84. The molecular formula is C36H33N5O3. The number of nitrogens with zero attached hydrogens (tertiary/aromatic N) is 3. The summed E-state index contributed by atoms with van der Waals surface area (Å²) < 4.78 is 1.99. The van der Waals surface area contributed by atoms with Gasteiger partial charge in [0.25, 0.3) is 11.8 Å². The molecule has 0 unspecified atom stereocenters. The lowest BCUT2D eigenvalue weighted by Gasteiger charge is -2.25. The van der Waals surface area contributed by atoms with E-state index in [1.807, 2.05) is 47.9 Å². The minimum absolute atomic E-state index is 0.00683. The first kappa shape index (κ1) is 28.6. The summed E-state index contributed by atoms with van der Waals surface area (Å²) in [4.78, 5) is 48.9. The highest BCUT2D eigenvalue weighted by Gasteiger charge is 2.29. The van der Waals surface area contributed by atoms with Gasteiger partial charge in [-0.1, -0.05) is 48.5 Å². The third-order valence-electron chi connectivity index (χ3n) is 7.97. The minimum Gasteiger partial charge on any atom is -0.372 e. The molecule has 1 aliphatic carbocycles. The zero-order valence-electron chi connectivity index (χ0n) is 24.9. The molecule has 0 fully saturated rings. The molecule has 1 aliphatic heterocycles. The van der Waals surface area contributed by atoms with Crippen molar-refractivity contribution in [2.24, 2.45) is 0 Å². The Balaban J connectivity index is 1.67. The number of amides is 2. The minimum atomic E-state index is -0.518. The van der Waals surface area contributed by atoms with Crippen LogP contribution in [0.3, 0.4) is 0 Å². The predicted molar refractivity (Wildman–Crippen MR) is 178 cm³/mol. The topological polar surface area (TPSA) is 96.3 Å². The number of para-hydroxylation sites is 1. The highest BCUT2D eigenvalue weighted by Crippen LogP contribution is 2.38. The van der Waals surface area contributed by atoms with Crippen LogP contribution in [0.4, 0.5) is 17.1 Å². The van der Waals surface area contributed by atoms with Crippen LogP contribution in [0.5, 0.6) is 0 Å². The van der Waals surface area contributed by atoms with Crippen LogP contribution in [0.1, 0.15) is 41.5 Å². The molecule has 0 radical (unpaired) electrons. The van der Waals surface area contributed by atoms with Crippen molar-refractivity contribution < 1.29 is 9.59 Å². The standard InChI is InChI=1S/C36H33N5O3/c1-4-40(5-2)25-20-21-27-29(22-25)41(6-3)33-31(36(44)37-24-16-11-8-12-17-24)34(42)26-18-13-19-28(30(26)32(33)38-27)39-35(43)23-14-9-7-10-15-23/h7-22H,4-6H2,1-3H3,(H,37,44)(H,39,43). The number of carbonyl (C=O) groups excluding carboxylic acids is 2. The van der Waals surface area contributed by atoms with E-state index in [9.17, 15) is 14.4 Å². The third kappa shape index (κ3) is 5.04. The van der Waals surface area contributed by atoms with Gasteiger partial charge in [-0.3, -0.25) is 14.4 Å². The quantitative estimate of drug-likeness (QED) is 0.148. The van der Waals surface area contributed by atoms with Crippen molar-refractivity contribution in [1.29, 1.82) is 0 Å². The molecule has 2 aliphatic rings. The molecule has 4 aromatic rings. The lowest BCUT2D eigenvalue weighted by molar-refractivity contribution is 0.101. The van der Waals surface area contributed by atoms with Crippen LogP contribution in [0.2, 0.25) is 0 Å². The number of aryl methyl sites for hydroxylation is 1. The molecule has 0 saturated heterocycles. The van der Waals surface area contributed by atoms with Gasteiger partial charge >= 0.3 is 0 Å². The van der Waals surface area contributed by atoms with Gasteiger partial charge in [0, 0.05) is 47.3 Å². The van der Waals surface area contributed by atoms with Crippen molar-refractivity contribution in [2.45, 2.75) is 27.3 Å². The maximum absolute atomic E-state index is 14.3. The average molecular weight is 584 g/mol. The smallest absolute Gasteiger partial charge is 0.261 e. The zero-order chi connectivity index (χ0) is 30.8. The zero-order valence-corrected chi connectivity index (χ0v) is 24.9. The van der Waals surface area contributed by atoms with E-state index in [2.05, 4.69) is 35.4 Å². The Morgan fingerprint density at radius 3 is 2.18 bits per heavy atom. The maximum atomic E-state index is 14.3. The van der Waals surface area contributed by atoms with E-state index in [0.717, 1.165) is 24.3 Å². The van der Waals surface area contributed by atoms with Gasteiger partial charge in [-0.15, -0.1) is 0 Å². The summed E-state index contributed by atoms with van der Waals surface area (Å²) in [6.45, 7) is 8.34. The van der Waals surface area contributed by atoms with E-state index in [4.69, 9.17) is 4.98 Å². The summed E-state index contributed by atoms with van der Waals surface area (Å²) >= 11 is 0. The summed E-state index contributed by atoms with van der Waals surface area (Å²) in [5, 5.41) is 6.71. The van der Waals surface area contributed by atoms with Crippen molar-refractivity contribution in [1.82, 2.24) is 9.55 Å². The van der Waals surface area contributed by atoms with Gasteiger partial charge in [-0.2, -0.15) is 0 Å². The van der Waals surface area contributed by atoms with Crippen LogP contribution in [-0.2, 0) is 6.54 Å². The van der Waals surface area contributed by atoms with Gasteiger partial charge in [0.05, 0.1) is 28.1 Å². The van der Waals surface area contributed by atoms with Crippen LogP contribution in [0, 0.1) is 0 Å². The Kier molecular flexibility index (Phi) is 7.81. The van der Waals surface area contributed by atoms with Crippen LogP contribution >= 0.6 is 0 Å². The summed E-state index contributed by atoms with van der Waals surface area (Å²) in [5.41, 5.74) is 4.53. The summed E-state index contributed by atoms with van der Waals surface area (Å²) in [7, 11) is 0. The largest absolute Gasteiger partial charge is 0.372 e. The second-order valence-electron chi connectivity index (χ2n) is 10.5. The Hall–Kier alpha value is -5.50. The van der Waals surface area contributed by atoms with Gasteiger partial charge in [-0.25, -0.2) is 4.98 Å². The molecule has 8 heteroatoms. The summed E-state index contributed by atoms with van der Waals surface area (Å²) in [5.74, 6) is -0.826. The van der Waals surface area contributed by atoms with Crippen molar-refractivity contribution >= 4 is 50.7 Å². The van der Waals surface area contributed by atoms with Gasteiger partial charge in [-0.05, 0) is 69.3 Å². The highest BCUT2D eigenvalue weighted by atomic mass is 16.2. The van der Waals surface area contributed by atoms with E-state index in [-0.39, 0.29) is 11.5 Å². The molecule has 4 aromatic carbocycles. The van der Waals surface area contributed by atoms with Crippen molar-refractivity contribution in [3.05, 3.63) is 118 Å². The van der Waals surface area contributed by atoms with E-state index < -0.39 is 11.3 Å². The second kappa shape index (κ2) is 12.0. The van der Waals surface area contributed by atoms with E-state index in [1.165, 1.54) is 0 Å². The monoisotopic (exact) mass is 583 g/mol. The molecule has 2 N–H and O–H groups in total. The Morgan fingerprint density at radius 2 is 1.50 bits per heavy atom. The van der Waals surface area contributed by atoms with Gasteiger partial charge in [0.2, 0.25) is 5.43 Å². The lowest BCUT2D eigenvalue weighted by atomic mass is 9.95. The van der Waals surface area contributed by atoms with Crippen LogP contribution in [-0.4, -0.2) is 34.5 Å². The Labute approximate surface area is 255 Å². The van der Waals surface area contributed by atoms with Crippen LogP contribution in [0.15, 0.2) is 102 Å². The molecule has 0 bridgehead atoms. The number of aromatic nitrogens is 2. The molecule has 6 rings (SSSR count). The van der Waals surface area contributed by atoms with Crippen molar-refractivity contribution in [3.8, 4) is 11.4 Å². The Bertz CT molecular complexity index is 2030. The number of anilines is 3. The van der Waals surface area contributed by atoms with Gasteiger partial charge in [0.1, 0.15) is 5.56 Å². The SMILES string of the molecule is CCN(CC)c1ccc2nc3c4c(NC(=O)c5ccccc5)cccc4c(=O)c(C(=O)Nc4ccccc4)c-3n(CC)c2c1. The Morgan fingerprint density at radius 1 is 0.795 bits per heavy atom. The number of hydrogen-bond donors (Lipinski definition) is 2. The van der Waals surface area contributed by atoms with Crippen LogP contribution in [0.25, 0.3) is 33.2 Å². The van der Waals surface area contributed by atoms with Gasteiger partial charge < -0.3 is 20.1 Å². The number of nitrogens with one attached hydrogen (secondary N) is 2. The third-order valence-corrected chi connectivity index (χ3v) is 7.97. The number of carbonyl (C=O) groups is 2. The van der Waals surface area contributed by atoms with Gasteiger partial charge in [0.15, 0.2) is 0 Å². The fourth-order valence-electron chi connectivity index (χ4n) is 5.84. The molecule has 0 spiro atoms. The summed E-state index contributed by atoms with van der Waals surface area (Å²) in [6.07, 6.45) is 0. The highest BCUT2D eigenvalue weighted by molar-refractivity contribution is 6.18.